The number of benzene rings is 1. The van der Waals surface area contributed by atoms with Crippen molar-refractivity contribution in [1.29, 1.82) is 0 Å². The van der Waals surface area contributed by atoms with E-state index in [1.807, 2.05) is 44.2 Å². The van der Waals surface area contributed by atoms with Crippen molar-refractivity contribution in [2.75, 3.05) is 0 Å². The van der Waals surface area contributed by atoms with E-state index >= 15 is 0 Å². The summed E-state index contributed by atoms with van der Waals surface area (Å²) in [5, 5.41) is 22.9. The van der Waals surface area contributed by atoms with Gasteiger partial charge in [0.15, 0.2) is 5.78 Å². The smallest absolute Gasteiger partial charge is 0.331 e. The number of fused-ring (bicyclic) bond motifs is 4. The van der Waals surface area contributed by atoms with E-state index in [1.165, 1.54) is 19.9 Å². The zero-order valence-corrected chi connectivity index (χ0v) is 25.0. The molecule has 1 saturated carbocycles. The first kappa shape index (κ1) is 31.4. The minimum absolute atomic E-state index is 0.0188. The fourth-order valence-corrected chi connectivity index (χ4v) is 6.83. The number of hydrogen-bond donors (Lipinski definition) is 2. The van der Waals surface area contributed by atoms with Crippen LogP contribution in [0.4, 0.5) is 0 Å². The number of carbonyl (C=O) groups is 4. The van der Waals surface area contributed by atoms with Crippen LogP contribution in [0.3, 0.4) is 0 Å². The van der Waals surface area contributed by atoms with Crippen LogP contribution in [0.2, 0.25) is 0 Å². The first-order valence-electron chi connectivity index (χ1n) is 14.3. The highest BCUT2D eigenvalue weighted by atomic mass is 16.6. The predicted octanol–water partition coefficient (Wildman–Crippen LogP) is 3.87. The summed E-state index contributed by atoms with van der Waals surface area (Å²) in [6, 6.07) is 9.22. The molecule has 3 aliphatic carbocycles. The Morgan fingerprint density at radius 3 is 2.19 bits per heavy atom. The fraction of sp³-hybridized carbons (Fsp3) is 0.515. The van der Waals surface area contributed by atoms with Crippen molar-refractivity contribution in [3.05, 3.63) is 64.8 Å². The minimum Gasteiger partial charge on any atom is -0.458 e. The summed E-state index contributed by atoms with van der Waals surface area (Å²) in [6.07, 6.45) is -0.588. The van der Waals surface area contributed by atoms with Crippen LogP contribution < -0.4 is 0 Å². The van der Waals surface area contributed by atoms with E-state index < -0.39 is 71.0 Å². The van der Waals surface area contributed by atoms with Gasteiger partial charge in [-0.25, -0.2) is 4.79 Å². The number of ether oxygens (including phenoxy) is 3. The van der Waals surface area contributed by atoms with Gasteiger partial charge in [-0.3, -0.25) is 14.4 Å². The standard InChI is InChI=1S/C33H40O9/c1-18-24(40-19(2)34)15-23-26(41-20(3)35)14-22-17-33(6,31(39)30(38)29(18)32(23,4)5)27(36)16-25(22)42-28(37)13-12-21-10-8-7-9-11-21/h7-14,23-27,30,36,38H,15-17H2,1-6H3/t23-,24-,25-,26-,27-,30+,33-/m0/s1. The van der Waals surface area contributed by atoms with Crippen LogP contribution in [0.25, 0.3) is 6.08 Å². The number of rotatable bonds is 5. The van der Waals surface area contributed by atoms with Crippen molar-refractivity contribution in [2.24, 2.45) is 16.7 Å². The van der Waals surface area contributed by atoms with Gasteiger partial charge in [0.1, 0.15) is 24.4 Å². The zero-order chi connectivity index (χ0) is 31.0. The van der Waals surface area contributed by atoms with Gasteiger partial charge in [-0.05, 0) is 66.5 Å². The first-order valence-corrected chi connectivity index (χ1v) is 14.3. The van der Waals surface area contributed by atoms with E-state index in [9.17, 15) is 29.4 Å². The van der Waals surface area contributed by atoms with Gasteiger partial charge in [0.2, 0.25) is 0 Å². The number of esters is 3. The lowest BCUT2D eigenvalue weighted by molar-refractivity contribution is -0.157. The Hall–Kier alpha value is -3.56. The number of aliphatic hydroxyl groups excluding tert-OH is 2. The summed E-state index contributed by atoms with van der Waals surface area (Å²) in [5.41, 5.74) is -0.0597. The van der Waals surface area contributed by atoms with Crippen molar-refractivity contribution in [3.8, 4) is 0 Å². The molecule has 226 valence electrons. The molecule has 0 amide bonds. The maximum absolute atomic E-state index is 14.0. The first-order chi connectivity index (χ1) is 19.6. The summed E-state index contributed by atoms with van der Waals surface area (Å²) < 4.78 is 17.2. The zero-order valence-electron chi connectivity index (χ0n) is 25.0. The molecular formula is C33H40O9. The van der Waals surface area contributed by atoms with Gasteiger partial charge in [0.05, 0.1) is 11.5 Å². The van der Waals surface area contributed by atoms with E-state index in [1.54, 1.807) is 26.0 Å². The van der Waals surface area contributed by atoms with Crippen LogP contribution in [0.5, 0.6) is 0 Å². The second-order valence-corrected chi connectivity index (χ2v) is 12.4. The van der Waals surface area contributed by atoms with Gasteiger partial charge in [0, 0.05) is 32.3 Å². The summed E-state index contributed by atoms with van der Waals surface area (Å²) >= 11 is 0. The topological polar surface area (TPSA) is 136 Å². The number of carbonyl (C=O) groups excluding carboxylic acids is 4. The molecule has 1 aromatic rings. The van der Waals surface area contributed by atoms with Crippen molar-refractivity contribution in [2.45, 2.75) is 91.3 Å². The highest BCUT2D eigenvalue weighted by Crippen LogP contribution is 2.53. The van der Waals surface area contributed by atoms with Gasteiger partial charge in [-0.2, -0.15) is 0 Å². The maximum atomic E-state index is 14.0. The lowest BCUT2D eigenvalue weighted by Gasteiger charge is -2.50. The molecule has 0 spiro atoms. The van der Waals surface area contributed by atoms with Gasteiger partial charge in [-0.1, -0.05) is 44.2 Å². The maximum Gasteiger partial charge on any atom is 0.331 e. The quantitative estimate of drug-likeness (QED) is 0.230. The molecule has 0 heterocycles. The van der Waals surface area contributed by atoms with Crippen LogP contribution in [0, 0.1) is 16.7 Å². The third-order valence-electron chi connectivity index (χ3n) is 9.09. The Bertz CT molecular complexity index is 1340. The number of aliphatic hydroxyl groups is 2. The molecule has 1 aromatic carbocycles. The number of ketones is 1. The average molecular weight is 581 g/mol. The SMILES string of the molecule is CC(=O)O[C@H]1C[C@H]2[C@@H](OC(C)=O)C=C3C[C@](C)(C(=O)[C@H](O)C(=C1C)C2(C)C)[C@@H](O)C[C@@H]3OC(=O)C=Cc1ccccc1. The summed E-state index contributed by atoms with van der Waals surface area (Å²) in [7, 11) is 0. The predicted molar refractivity (Wildman–Crippen MR) is 153 cm³/mol. The molecule has 1 fully saturated rings. The Labute approximate surface area is 246 Å². The van der Waals surface area contributed by atoms with Crippen molar-refractivity contribution < 1.29 is 43.6 Å². The van der Waals surface area contributed by atoms with E-state index in [2.05, 4.69) is 0 Å². The second-order valence-electron chi connectivity index (χ2n) is 12.4. The monoisotopic (exact) mass is 580 g/mol. The van der Waals surface area contributed by atoms with Gasteiger partial charge in [-0.15, -0.1) is 0 Å². The molecule has 0 aliphatic heterocycles. The third kappa shape index (κ3) is 6.13. The molecule has 4 rings (SSSR count). The third-order valence-corrected chi connectivity index (χ3v) is 9.09. The van der Waals surface area contributed by atoms with E-state index in [0.717, 1.165) is 5.56 Å². The Balaban J connectivity index is 1.82. The van der Waals surface area contributed by atoms with E-state index in [0.29, 0.717) is 16.7 Å². The molecule has 9 nitrogen and oxygen atoms in total. The molecule has 42 heavy (non-hydrogen) atoms. The summed E-state index contributed by atoms with van der Waals surface area (Å²) in [4.78, 5) is 51.3. The highest BCUT2D eigenvalue weighted by molar-refractivity contribution is 5.93. The Morgan fingerprint density at radius 1 is 0.929 bits per heavy atom. The minimum atomic E-state index is -1.61. The molecule has 0 aromatic heterocycles. The van der Waals surface area contributed by atoms with Crippen LogP contribution in [-0.4, -0.2) is 64.4 Å². The largest absolute Gasteiger partial charge is 0.458 e. The molecular weight excluding hydrogens is 540 g/mol. The van der Waals surface area contributed by atoms with Crippen LogP contribution in [0.15, 0.2) is 59.2 Å². The molecule has 0 radical (unpaired) electrons. The molecule has 2 N–H and O–H groups in total. The van der Waals surface area contributed by atoms with E-state index in [-0.39, 0.29) is 19.3 Å². The Kier molecular flexibility index (Phi) is 8.94. The van der Waals surface area contributed by atoms with Crippen LogP contribution >= 0.6 is 0 Å². The van der Waals surface area contributed by atoms with Crippen molar-refractivity contribution in [1.82, 2.24) is 0 Å². The lowest BCUT2D eigenvalue weighted by atomic mass is 9.57. The van der Waals surface area contributed by atoms with Crippen molar-refractivity contribution >= 4 is 29.8 Å². The summed E-state index contributed by atoms with van der Waals surface area (Å²) in [5.74, 6) is -2.80. The van der Waals surface area contributed by atoms with Gasteiger partial charge >= 0.3 is 17.9 Å². The van der Waals surface area contributed by atoms with Gasteiger partial charge < -0.3 is 24.4 Å². The number of hydrogen-bond acceptors (Lipinski definition) is 9. The van der Waals surface area contributed by atoms with Crippen LogP contribution in [0.1, 0.15) is 66.4 Å². The average Bonchev–Trinajstić information content (AvgIpc) is 2.90. The Morgan fingerprint density at radius 2 is 1.57 bits per heavy atom. The van der Waals surface area contributed by atoms with Gasteiger partial charge in [0.25, 0.3) is 0 Å². The van der Waals surface area contributed by atoms with Crippen molar-refractivity contribution in [3.63, 3.8) is 0 Å². The lowest BCUT2D eigenvalue weighted by Crippen LogP contribution is -2.56. The highest BCUT2D eigenvalue weighted by Gasteiger charge is 2.56. The molecule has 4 bridgehead atoms. The molecule has 0 unspecified atom stereocenters. The molecule has 3 aliphatic rings. The van der Waals surface area contributed by atoms with E-state index in [4.69, 9.17) is 14.2 Å². The van der Waals surface area contributed by atoms with Crippen LogP contribution in [-0.2, 0) is 33.4 Å². The fourth-order valence-electron chi connectivity index (χ4n) is 6.83. The summed E-state index contributed by atoms with van der Waals surface area (Å²) in [6.45, 7) is 9.59. The normalized spacial score (nSPS) is 32.6. The number of Topliss-reactive ketones (excluding diaryl/α,β-unsaturated/α-hetero) is 1. The molecule has 0 saturated heterocycles. The molecule has 9 heteroatoms. The molecule has 7 atom stereocenters. The second kappa shape index (κ2) is 12.0.